The van der Waals surface area contributed by atoms with Crippen LogP contribution in [-0.4, -0.2) is 5.97 Å². The first kappa shape index (κ1) is 21.7. The third kappa shape index (κ3) is 4.55. The molecule has 158 valence electrons. The average molecular weight is 544 g/mol. The molecule has 31 heavy (non-hydrogen) atoms. The maximum absolute atomic E-state index is 11.7. The number of halogens is 2. The molecule has 0 saturated carbocycles. The van der Waals surface area contributed by atoms with E-state index in [0.717, 1.165) is 27.9 Å². The van der Waals surface area contributed by atoms with Crippen molar-refractivity contribution in [1.29, 1.82) is 0 Å². The van der Waals surface area contributed by atoms with Gasteiger partial charge in [-0.05, 0) is 82.1 Å². The van der Waals surface area contributed by atoms with Crippen molar-refractivity contribution in [3.05, 3.63) is 74.7 Å². The summed E-state index contributed by atoms with van der Waals surface area (Å²) in [6.45, 7) is 5.69. The molecule has 0 amide bonds. The van der Waals surface area contributed by atoms with Gasteiger partial charge in [-0.1, -0.05) is 30.7 Å². The van der Waals surface area contributed by atoms with Crippen molar-refractivity contribution in [2.45, 2.75) is 27.2 Å². The molecule has 4 rings (SSSR count). The van der Waals surface area contributed by atoms with Gasteiger partial charge in [-0.25, -0.2) is 0 Å². The average Bonchev–Trinajstić information content (AvgIpc) is 3.18. The van der Waals surface area contributed by atoms with Gasteiger partial charge < -0.3 is 13.9 Å². The Morgan fingerprint density at radius 2 is 1.84 bits per heavy atom. The quantitative estimate of drug-likeness (QED) is 0.187. The van der Waals surface area contributed by atoms with E-state index in [1.165, 1.54) is 5.56 Å². The number of ether oxygens (including phenoxy) is 2. The van der Waals surface area contributed by atoms with Gasteiger partial charge in [-0.15, -0.1) is 0 Å². The Bertz CT molecular complexity index is 1290. The lowest BCUT2D eigenvalue weighted by Gasteiger charge is -2.15. The Hall–Kier alpha value is -2.57. The summed E-state index contributed by atoms with van der Waals surface area (Å²) < 4.78 is 19.0. The predicted molar refractivity (Wildman–Crippen MR) is 129 cm³/mol. The maximum Gasteiger partial charge on any atom is 0.310 e. The minimum atomic E-state index is -0.287. The summed E-state index contributed by atoms with van der Waals surface area (Å²) >= 11 is 7.11. The van der Waals surface area contributed by atoms with E-state index < -0.39 is 0 Å². The zero-order valence-electron chi connectivity index (χ0n) is 17.3. The summed E-state index contributed by atoms with van der Waals surface area (Å²) in [5.74, 6) is 2.30. The van der Waals surface area contributed by atoms with Crippen LogP contribution in [0.3, 0.4) is 0 Å². The van der Waals surface area contributed by atoms with Crippen molar-refractivity contribution >= 4 is 48.8 Å². The fourth-order valence-electron chi connectivity index (χ4n) is 3.21. The van der Waals surface area contributed by atoms with Gasteiger partial charge in [0.25, 0.3) is 0 Å². The summed E-state index contributed by atoms with van der Waals surface area (Å²) in [7, 11) is 0. The highest BCUT2D eigenvalue weighted by Crippen LogP contribution is 2.43. The Morgan fingerprint density at radius 3 is 2.58 bits per heavy atom. The monoisotopic (exact) mass is 542 g/mol. The zero-order valence-corrected chi connectivity index (χ0v) is 20.5. The SMILES string of the molecule is CCC(=O)Oc1cc(Br)c(Oc2ccc3oc(-c4cccc(C)c4)cc3c2)c(Br)c1C. The number of furan rings is 1. The van der Waals surface area contributed by atoms with Crippen molar-refractivity contribution in [2.24, 2.45) is 0 Å². The number of fused-ring (bicyclic) bond motifs is 1. The van der Waals surface area contributed by atoms with Crippen LogP contribution >= 0.6 is 31.9 Å². The van der Waals surface area contributed by atoms with Crippen molar-refractivity contribution < 1.29 is 18.7 Å². The zero-order chi connectivity index (χ0) is 22.1. The largest absolute Gasteiger partial charge is 0.456 e. The minimum Gasteiger partial charge on any atom is -0.456 e. The van der Waals surface area contributed by atoms with Crippen LogP contribution < -0.4 is 9.47 Å². The van der Waals surface area contributed by atoms with Crippen LogP contribution in [0.4, 0.5) is 0 Å². The molecule has 3 aromatic carbocycles. The Labute approximate surface area is 197 Å². The number of esters is 1. The van der Waals surface area contributed by atoms with Crippen LogP contribution in [-0.2, 0) is 4.79 Å². The van der Waals surface area contributed by atoms with Gasteiger partial charge in [-0.2, -0.15) is 0 Å². The lowest BCUT2D eigenvalue weighted by atomic mass is 10.1. The summed E-state index contributed by atoms with van der Waals surface area (Å²) in [6, 6.07) is 17.7. The summed E-state index contributed by atoms with van der Waals surface area (Å²) in [4.78, 5) is 11.7. The molecule has 0 bridgehead atoms. The van der Waals surface area contributed by atoms with Crippen molar-refractivity contribution in [1.82, 2.24) is 0 Å². The minimum absolute atomic E-state index is 0.287. The van der Waals surface area contributed by atoms with Crippen molar-refractivity contribution in [3.8, 4) is 28.6 Å². The summed E-state index contributed by atoms with van der Waals surface area (Å²) in [5.41, 5.74) is 3.79. The molecule has 0 unspecified atom stereocenters. The molecule has 4 aromatic rings. The highest BCUT2D eigenvalue weighted by Gasteiger charge is 2.18. The molecule has 1 heterocycles. The number of hydrogen-bond donors (Lipinski definition) is 0. The van der Waals surface area contributed by atoms with Gasteiger partial charge in [0, 0.05) is 22.9 Å². The van der Waals surface area contributed by atoms with Gasteiger partial charge in [0.15, 0.2) is 5.75 Å². The van der Waals surface area contributed by atoms with Crippen molar-refractivity contribution in [3.63, 3.8) is 0 Å². The van der Waals surface area contributed by atoms with E-state index in [9.17, 15) is 4.79 Å². The second-order valence-corrected chi connectivity index (χ2v) is 8.88. The number of rotatable bonds is 5. The number of benzene rings is 3. The molecule has 0 aliphatic heterocycles. The molecule has 0 N–H and O–H groups in total. The first-order chi connectivity index (χ1) is 14.9. The number of carbonyl (C=O) groups is 1. The third-order valence-corrected chi connectivity index (χ3v) is 6.44. The summed E-state index contributed by atoms with van der Waals surface area (Å²) in [6.07, 6.45) is 0.308. The van der Waals surface area contributed by atoms with E-state index in [-0.39, 0.29) is 5.97 Å². The first-order valence-corrected chi connectivity index (χ1v) is 11.4. The molecule has 4 nitrogen and oxygen atoms in total. The van der Waals surface area contributed by atoms with Crippen LogP contribution in [0, 0.1) is 13.8 Å². The van der Waals surface area contributed by atoms with Crippen LogP contribution in [0.15, 0.2) is 68.0 Å². The van der Waals surface area contributed by atoms with Gasteiger partial charge in [-0.3, -0.25) is 4.79 Å². The van der Waals surface area contributed by atoms with Gasteiger partial charge in [0.05, 0.1) is 8.95 Å². The predicted octanol–water partition coefficient (Wildman–Crippen LogP) is 8.35. The summed E-state index contributed by atoms with van der Waals surface area (Å²) in [5, 5.41) is 0.950. The Kier molecular flexibility index (Phi) is 6.21. The van der Waals surface area contributed by atoms with Crippen molar-refractivity contribution in [2.75, 3.05) is 0 Å². The van der Waals surface area contributed by atoms with Crippen LogP contribution in [0.1, 0.15) is 24.5 Å². The smallest absolute Gasteiger partial charge is 0.310 e. The topological polar surface area (TPSA) is 48.7 Å². The Balaban J connectivity index is 1.65. The lowest BCUT2D eigenvalue weighted by Crippen LogP contribution is -2.07. The number of carbonyl (C=O) groups excluding carboxylic acids is 1. The van der Waals surface area contributed by atoms with Crippen LogP contribution in [0.25, 0.3) is 22.3 Å². The molecule has 0 aliphatic carbocycles. The van der Waals surface area contributed by atoms with E-state index in [4.69, 9.17) is 13.9 Å². The van der Waals surface area contributed by atoms with E-state index in [0.29, 0.717) is 32.6 Å². The maximum atomic E-state index is 11.7. The Morgan fingerprint density at radius 1 is 1.03 bits per heavy atom. The molecule has 0 atom stereocenters. The molecular formula is C25H20Br2O4. The molecule has 0 aliphatic rings. The second-order valence-electron chi connectivity index (χ2n) is 7.23. The molecule has 6 heteroatoms. The van der Waals surface area contributed by atoms with Crippen LogP contribution in [0.2, 0.25) is 0 Å². The molecular weight excluding hydrogens is 524 g/mol. The van der Waals surface area contributed by atoms with E-state index >= 15 is 0 Å². The fourth-order valence-corrected chi connectivity index (χ4v) is 4.45. The second kappa shape index (κ2) is 8.89. The van der Waals surface area contributed by atoms with E-state index in [2.05, 4.69) is 50.9 Å². The number of hydrogen-bond acceptors (Lipinski definition) is 4. The van der Waals surface area contributed by atoms with E-state index in [1.54, 1.807) is 13.0 Å². The highest BCUT2D eigenvalue weighted by atomic mass is 79.9. The molecule has 0 radical (unpaired) electrons. The standard InChI is InChI=1S/C25H20Br2O4/c1-4-23(28)31-21-13-19(26)25(24(27)15(21)3)29-18-8-9-20-17(11-18)12-22(30-20)16-7-5-6-14(2)10-16/h5-13H,4H2,1-3H3. The molecule has 1 aromatic heterocycles. The fraction of sp³-hybridized carbons (Fsp3) is 0.160. The molecule has 0 fully saturated rings. The van der Waals surface area contributed by atoms with Gasteiger partial charge in [0.1, 0.15) is 22.8 Å². The van der Waals surface area contributed by atoms with Gasteiger partial charge in [0.2, 0.25) is 0 Å². The van der Waals surface area contributed by atoms with Crippen LogP contribution in [0.5, 0.6) is 17.2 Å². The highest BCUT2D eigenvalue weighted by molar-refractivity contribution is 9.11. The first-order valence-electron chi connectivity index (χ1n) is 9.83. The lowest BCUT2D eigenvalue weighted by molar-refractivity contribution is -0.134. The molecule has 0 spiro atoms. The van der Waals surface area contributed by atoms with E-state index in [1.807, 2.05) is 43.3 Å². The van der Waals surface area contributed by atoms with Gasteiger partial charge >= 0.3 is 5.97 Å². The number of aryl methyl sites for hydroxylation is 1. The molecule has 0 saturated heterocycles. The third-order valence-electron chi connectivity index (χ3n) is 4.90. The normalized spacial score (nSPS) is 11.0.